The van der Waals surface area contributed by atoms with E-state index < -0.39 is 5.60 Å². The number of rotatable bonds is 5. The van der Waals surface area contributed by atoms with Crippen molar-refractivity contribution in [2.45, 2.75) is 25.0 Å². The summed E-state index contributed by atoms with van der Waals surface area (Å²) in [7, 11) is 0. The topological polar surface area (TPSA) is 53.0 Å². The summed E-state index contributed by atoms with van der Waals surface area (Å²) >= 11 is 0. The molecule has 5 rings (SSSR count). The van der Waals surface area contributed by atoms with Crippen LogP contribution in [0.1, 0.15) is 34.3 Å². The van der Waals surface area contributed by atoms with Crippen LogP contribution in [-0.2, 0) is 16.9 Å². The van der Waals surface area contributed by atoms with Gasteiger partial charge in [-0.1, -0.05) is 66.7 Å². The maximum atomic E-state index is 13.1. The van der Waals surface area contributed by atoms with E-state index in [1.165, 1.54) is 5.56 Å². The average Bonchev–Trinajstić information content (AvgIpc) is 2.90. The number of piperidine rings is 1. The van der Waals surface area contributed by atoms with Gasteiger partial charge in [0.1, 0.15) is 0 Å². The van der Waals surface area contributed by atoms with Crippen LogP contribution in [0.2, 0.25) is 0 Å². The van der Waals surface area contributed by atoms with Gasteiger partial charge in [0.2, 0.25) is 0 Å². The number of carbonyl (C=O) groups is 1. The van der Waals surface area contributed by atoms with Gasteiger partial charge in [-0.05, 0) is 47.2 Å². The van der Waals surface area contributed by atoms with Gasteiger partial charge in [0.15, 0.2) is 0 Å². The maximum absolute atomic E-state index is 13.1. The summed E-state index contributed by atoms with van der Waals surface area (Å²) in [5.41, 5.74) is 4.25. The SMILES string of the molecule is O=C(c1ccc(CN2CCOCC2)cc1)N1CCC(O)(c2ccc(-c3ccccc3)cc2)CC1. The molecule has 0 saturated carbocycles. The fraction of sp³-hybridized carbons (Fsp3) is 0.345. The zero-order valence-corrected chi connectivity index (χ0v) is 19.5. The molecule has 3 aromatic carbocycles. The Labute approximate surface area is 201 Å². The van der Waals surface area contributed by atoms with Crippen LogP contribution in [0, 0.1) is 0 Å². The van der Waals surface area contributed by atoms with E-state index in [9.17, 15) is 9.90 Å². The van der Waals surface area contributed by atoms with Gasteiger partial charge in [0, 0.05) is 38.3 Å². The number of likely N-dealkylation sites (tertiary alicyclic amines) is 1. The Bertz CT molecular complexity index is 1080. The Hall–Kier alpha value is -2.99. The van der Waals surface area contributed by atoms with Crippen molar-refractivity contribution in [2.75, 3.05) is 39.4 Å². The number of aliphatic hydroxyl groups is 1. The first-order valence-corrected chi connectivity index (χ1v) is 12.2. The van der Waals surface area contributed by atoms with Crippen molar-refractivity contribution >= 4 is 5.91 Å². The average molecular weight is 457 g/mol. The minimum atomic E-state index is -0.895. The molecular formula is C29H32N2O3. The summed E-state index contributed by atoms with van der Waals surface area (Å²) in [6.07, 6.45) is 1.08. The standard InChI is InChI=1S/C29H32N2O3/c32-28(26-8-6-23(7-9-26)22-30-18-20-34-21-19-30)31-16-14-29(33,15-17-31)27-12-10-25(11-13-27)24-4-2-1-3-5-24/h1-13,33H,14-22H2. The van der Waals surface area contributed by atoms with Gasteiger partial charge in [-0.2, -0.15) is 0 Å². The first-order chi connectivity index (χ1) is 16.6. The number of carbonyl (C=O) groups excluding carboxylic acids is 1. The lowest BCUT2D eigenvalue weighted by atomic mass is 9.83. The van der Waals surface area contributed by atoms with Crippen LogP contribution in [0.5, 0.6) is 0 Å². The van der Waals surface area contributed by atoms with E-state index in [-0.39, 0.29) is 5.91 Å². The molecule has 0 bridgehead atoms. The third kappa shape index (κ3) is 5.07. The van der Waals surface area contributed by atoms with Gasteiger partial charge in [-0.15, -0.1) is 0 Å². The van der Waals surface area contributed by atoms with Crippen molar-refractivity contribution in [2.24, 2.45) is 0 Å². The molecule has 5 nitrogen and oxygen atoms in total. The molecule has 0 spiro atoms. The molecule has 0 aliphatic carbocycles. The van der Waals surface area contributed by atoms with Gasteiger partial charge in [-0.25, -0.2) is 0 Å². The minimum absolute atomic E-state index is 0.0411. The zero-order chi connectivity index (χ0) is 23.4. The van der Waals surface area contributed by atoms with E-state index in [4.69, 9.17) is 4.74 Å². The summed E-state index contributed by atoms with van der Waals surface area (Å²) in [5.74, 6) is 0.0411. The van der Waals surface area contributed by atoms with Gasteiger partial charge < -0.3 is 14.7 Å². The second-order valence-corrected chi connectivity index (χ2v) is 9.35. The highest BCUT2D eigenvalue weighted by Crippen LogP contribution is 2.34. The summed E-state index contributed by atoms with van der Waals surface area (Å²) in [4.78, 5) is 17.3. The van der Waals surface area contributed by atoms with E-state index in [0.29, 0.717) is 31.5 Å². The fourth-order valence-corrected chi connectivity index (χ4v) is 4.92. The number of morpholine rings is 1. The second-order valence-electron chi connectivity index (χ2n) is 9.35. The van der Waals surface area contributed by atoms with E-state index >= 15 is 0 Å². The van der Waals surface area contributed by atoms with Crippen molar-refractivity contribution in [1.29, 1.82) is 0 Å². The number of amides is 1. The van der Waals surface area contributed by atoms with Crippen LogP contribution in [0.4, 0.5) is 0 Å². The smallest absolute Gasteiger partial charge is 0.253 e. The Kier molecular flexibility index (Phi) is 6.77. The monoisotopic (exact) mass is 456 g/mol. The Balaban J connectivity index is 1.18. The molecule has 5 heteroatoms. The summed E-state index contributed by atoms with van der Waals surface area (Å²) in [5, 5.41) is 11.3. The van der Waals surface area contributed by atoms with Crippen LogP contribution in [0.15, 0.2) is 78.9 Å². The molecule has 3 aromatic rings. The number of hydrogen-bond donors (Lipinski definition) is 1. The molecule has 2 aliphatic rings. The molecule has 34 heavy (non-hydrogen) atoms. The zero-order valence-electron chi connectivity index (χ0n) is 19.5. The second kappa shape index (κ2) is 10.1. The normalized spacial score (nSPS) is 18.6. The lowest BCUT2D eigenvalue weighted by Crippen LogP contribution is -2.45. The highest BCUT2D eigenvalue weighted by atomic mass is 16.5. The van der Waals surface area contributed by atoms with E-state index in [1.54, 1.807) is 0 Å². The fourth-order valence-electron chi connectivity index (χ4n) is 4.92. The van der Waals surface area contributed by atoms with Crippen LogP contribution in [0.25, 0.3) is 11.1 Å². The van der Waals surface area contributed by atoms with Gasteiger partial charge in [0.25, 0.3) is 5.91 Å². The molecule has 2 aliphatic heterocycles. The van der Waals surface area contributed by atoms with Crippen LogP contribution < -0.4 is 0 Å². The first kappa shape index (κ1) is 22.8. The highest BCUT2D eigenvalue weighted by Gasteiger charge is 2.35. The third-order valence-corrected chi connectivity index (χ3v) is 7.12. The van der Waals surface area contributed by atoms with Crippen molar-refractivity contribution in [3.63, 3.8) is 0 Å². The number of hydrogen-bond acceptors (Lipinski definition) is 4. The van der Waals surface area contributed by atoms with Gasteiger partial charge in [-0.3, -0.25) is 9.69 Å². The van der Waals surface area contributed by atoms with Gasteiger partial charge >= 0.3 is 0 Å². The predicted molar refractivity (Wildman–Crippen MR) is 133 cm³/mol. The molecule has 1 N–H and O–H groups in total. The van der Waals surface area contributed by atoms with Crippen LogP contribution in [-0.4, -0.2) is 60.2 Å². The molecule has 0 aromatic heterocycles. The van der Waals surface area contributed by atoms with Gasteiger partial charge in [0.05, 0.1) is 18.8 Å². The molecule has 2 saturated heterocycles. The van der Waals surface area contributed by atoms with Crippen molar-refractivity contribution in [1.82, 2.24) is 9.80 Å². The Morgan fingerprint density at radius 1 is 0.794 bits per heavy atom. The molecule has 0 radical (unpaired) electrons. The third-order valence-electron chi connectivity index (χ3n) is 7.12. The summed E-state index contributed by atoms with van der Waals surface area (Å²) in [6.45, 7) is 5.46. The highest BCUT2D eigenvalue weighted by molar-refractivity contribution is 5.94. The summed E-state index contributed by atoms with van der Waals surface area (Å²) in [6, 6.07) is 26.4. The van der Waals surface area contributed by atoms with Crippen molar-refractivity contribution < 1.29 is 14.6 Å². The molecule has 0 unspecified atom stereocenters. The molecule has 176 valence electrons. The molecule has 2 heterocycles. The molecule has 1 amide bonds. The molecule has 0 atom stereocenters. The lowest BCUT2D eigenvalue weighted by Gasteiger charge is -2.38. The van der Waals surface area contributed by atoms with Crippen LogP contribution >= 0.6 is 0 Å². The minimum Gasteiger partial charge on any atom is -0.385 e. The maximum Gasteiger partial charge on any atom is 0.253 e. The molecule has 2 fully saturated rings. The van der Waals surface area contributed by atoms with Crippen molar-refractivity contribution in [3.8, 4) is 11.1 Å². The van der Waals surface area contributed by atoms with Crippen LogP contribution in [0.3, 0.4) is 0 Å². The number of nitrogens with zero attached hydrogens (tertiary/aromatic N) is 2. The molecular weight excluding hydrogens is 424 g/mol. The predicted octanol–water partition coefficient (Wildman–Crippen LogP) is 4.31. The van der Waals surface area contributed by atoms with E-state index in [0.717, 1.165) is 49.5 Å². The largest absolute Gasteiger partial charge is 0.385 e. The van der Waals surface area contributed by atoms with Crippen molar-refractivity contribution in [3.05, 3.63) is 95.6 Å². The quantitative estimate of drug-likeness (QED) is 0.622. The first-order valence-electron chi connectivity index (χ1n) is 12.2. The number of ether oxygens (including phenoxy) is 1. The lowest BCUT2D eigenvalue weighted by molar-refractivity contribution is -0.0211. The number of benzene rings is 3. The Morgan fingerprint density at radius 3 is 2.06 bits per heavy atom. The van der Waals surface area contributed by atoms with E-state index in [2.05, 4.69) is 41.3 Å². The van der Waals surface area contributed by atoms with E-state index in [1.807, 2.05) is 47.4 Å². The summed E-state index contributed by atoms with van der Waals surface area (Å²) < 4.78 is 5.41. The Morgan fingerprint density at radius 2 is 1.41 bits per heavy atom.